The zero-order valence-corrected chi connectivity index (χ0v) is 18.4. The Morgan fingerprint density at radius 1 is 1.13 bits per heavy atom. The van der Waals surface area contributed by atoms with Crippen molar-refractivity contribution in [3.05, 3.63) is 66.1 Å². The van der Waals surface area contributed by atoms with Crippen molar-refractivity contribution in [1.29, 1.82) is 0 Å². The number of hydrogen-bond acceptors (Lipinski definition) is 7. The summed E-state index contributed by atoms with van der Waals surface area (Å²) in [6, 6.07) is 14.8. The lowest BCUT2D eigenvalue weighted by atomic mass is 10.2. The van der Waals surface area contributed by atoms with Crippen molar-refractivity contribution in [2.75, 3.05) is 25.4 Å². The van der Waals surface area contributed by atoms with Crippen molar-refractivity contribution >= 4 is 44.4 Å². The average molecular weight is 441 g/mol. The lowest BCUT2D eigenvalue weighted by Crippen LogP contribution is -2.30. The van der Waals surface area contributed by atoms with Gasteiger partial charge in [0.2, 0.25) is 0 Å². The van der Waals surface area contributed by atoms with E-state index in [4.69, 9.17) is 18.9 Å². The molecular weight excluding hydrogens is 420 g/mol. The van der Waals surface area contributed by atoms with E-state index in [1.54, 1.807) is 43.2 Å². The first-order valence-corrected chi connectivity index (χ1v) is 11.2. The Balaban J connectivity index is 1.82. The zero-order valence-electron chi connectivity index (χ0n) is 16.7. The molecule has 0 aliphatic heterocycles. The maximum atomic E-state index is 13.5. The van der Waals surface area contributed by atoms with Crippen LogP contribution in [0.5, 0.6) is 11.5 Å². The third kappa shape index (κ3) is 3.88. The van der Waals surface area contributed by atoms with Crippen molar-refractivity contribution in [2.24, 2.45) is 0 Å². The average Bonchev–Trinajstić information content (AvgIpc) is 3.46. The van der Waals surface area contributed by atoms with E-state index in [-0.39, 0.29) is 12.5 Å². The van der Waals surface area contributed by atoms with Gasteiger partial charge in [-0.05, 0) is 48.7 Å². The van der Waals surface area contributed by atoms with Gasteiger partial charge in [-0.2, -0.15) is 0 Å². The molecular formula is C22H20N2O4S2. The fourth-order valence-corrected chi connectivity index (χ4v) is 4.62. The molecule has 0 fully saturated rings. The SMILES string of the molecule is COc1ccc(OC)c2sc(N(Cc3ccco3)C(=O)c3cccc(SC)c3)nc12. The molecule has 0 N–H and O–H groups in total. The van der Waals surface area contributed by atoms with Crippen molar-refractivity contribution in [1.82, 2.24) is 4.98 Å². The highest BCUT2D eigenvalue weighted by atomic mass is 32.2. The van der Waals surface area contributed by atoms with Gasteiger partial charge in [0.1, 0.15) is 27.5 Å². The molecule has 8 heteroatoms. The minimum atomic E-state index is -0.153. The molecule has 0 aliphatic carbocycles. The lowest BCUT2D eigenvalue weighted by Gasteiger charge is -2.19. The number of carbonyl (C=O) groups excluding carboxylic acids is 1. The van der Waals surface area contributed by atoms with E-state index in [1.807, 2.05) is 48.7 Å². The lowest BCUT2D eigenvalue weighted by molar-refractivity contribution is 0.0983. The van der Waals surface area contributed by atoms with Crippen molar-refractivity contribution in [3.63, 3.8) is 0 Å². The Labute approximate surface area is 182 Å². The molecule has 4 rings (SSSR count). The summed E-state index contributed by atoms with van der Waals surface area (Å²) in [4.78, 5) is 20.9. The van der Waals surface area contributed by atoms with Gasteiger partial charge in [0.25, 0.3) is 5.91 Å². The molecule has 30 heavy (non-hydrogen) atoms. The molecule has 6 nitrogen and oxygen atoms in total. The summed E-state index contributed by atoms with van der Waals surface area (Å²) in [5.74, 6) is 1.83. The summed E-state index contributed by atoms with van der Waals surface area (Å²) in [5.41, 5.74) is 1.25. The van der Waals surface area contributed by atoms with Crippen molar-refractivity contribution < 1.29 is 18.7 Å². The van der Waals surface area contributed by atoms with Gasteiger partial charge in [-0.3, -0.25) is 9.69 Å². The van der Waals surface area contributed by atoms with Crippen LogP contribution in [0.2, 0.25) is 0 Å². The Kier molecular flexibility index (Phi) is 5.96. The van der Waals surface area contributed by atoms with Crippen LogP contribution in [0, 0.1) is 0 Å². The Hall–Kier alpha value is -2.97. The highest BCUT2D eigenvalue weighted by Gasteiger charge is 2.25. The monoisotopic (exact) mass is 440 g/mol. The molecule has 0 atom stereocenters. The largest absolute Gasteiger partial charge is 0.495 e. The molecule has 1 amide bonds. The highest BCUT2D eigenvalue weighted by Crippen LogP contribution is 2.40. The Morgan fingerprint density at radius 2 is 1.93 bits per heavy atom. The van der Waals surface area contributed by atoms with Crippen LogP contribution in [0.4, 0.5) is 5.13 Å². The highest BCUT2D eigenvalue weighted by molar-refractivity contribution is 7.98. The first-order chi connectivity index (χ1) is 14.6. The quantitative estimate of drug-likeness (QED) is 0.355. The first kappa shape index (κ1) is 20.3. The van der Waals surface area contributed by atoms with Crippen LogP contribution >= 0.6 is 23.1 Å². The number of anilines is 1. The molecule has 2 aromatic carbocycles. The zero-order chi connectivity index (χ0) is 21.1. The van der Waals surface area contributed by atoms with E-state index in [1.165, 1.54) is 11.3 Å². The second-order valence-corrected chi connectivity index (χ2v) is 8.20. The van der Waals surface area contributed by atoms with Gasteiger partial charge < -0.3 is 13.9 Å². The van der Waals surface area contributed by atoms with Gasteiger partial charge in [-0.1, -0.05) is 17.4 Å². The summed E-state index contributed by atoms with van der Waals surface area (Å²) >= 11 is 2.97. The van der Waals surface area contributed by atoms with Crippen LogP contribution in [-0.4, -0.2) is 31.4 Å². The van der Waals surface area contributed by atoms with E-state index < -0.39 is 0 Å². The second-order valence-electron chi connectivity index (χ2n) is 6.35. The minimum absolute atomic E-state index is 0.153. The number of carbonyl (C=O) groups is 1. The van der Waals surface area contributed by atoms with Gasteiger partial charge in [0.15, 0.2) is 5.13 Å². The van der Waals surface area contributed by atoms with Gasteiger partial charge in [-0.15, -0.1) is 11.8 Å². The summed E-state index contributed by atoms with van der Waals surface area (Å²) < 4.78 is 17.3. The predicted octanol–water partition coefficient (Wildman–Crippen LogP) is 5.48. The fourth-order valence-electron chi connectivity index (χ4n) is 3.09. The molecule has 0 saturated carbocycles. The number of methoxy groups -OCH3 is 2. The van der Waals surface area contributed by atoms with Gasteiger partial charge in [-0.25, -0.2) is 4.98 Å². The normalized spacial score (nSPS) is 10.9. The Morgan fingerprint density at radius 3 is 2.63 bits per heavy atom. The van der Waals surface area contributed by atoms with E-state index in [0.717, 1.165) is 9.60 Å². The third-order valence-electron chi connectivity index (χ3n) is 4.59. The summed E-state index contributed by atoms with van der Waals surface area (Å²) in [6.45, 7) is 0.264. The van der Waals surface area contributed by atoms with Crippen LogP contribution in [0.3, 0.4) is 0 Å². The van der Waals surface area contributed by atoms with Crippen molar-refractivity contribution in [2.45, 2.75) is 11.4 Å². The van der Waals surface area contributed by atoms with Crippen LogP contribution in [0.25, 0.3) is 10.2 Å². The number of amides is 1. The number of hydrogen-bond donors (Lipinski definition) is 0. The molecule has 2 heterocycles. The van der Waals surface area contributed by atoms with Gasteiger partial charge in [0.05, 0.1) is 27.0 Å². The number of benzene rings is 2. The number of furan rings is 1. The minimum Gasteiger partial charge on any atom is -0.495 e. The number of thiazole rings is 1. The van der Waals surface area contributed by atoms with Gasteiger partial charge in [0, 0.05) is 10.5 Å². The summed E-state index contributed by atoms with van der Waals surface area (Å²) in [7, 11) is 3.21. The summed E-state index contributed by atoms with van der Waals surface area (Å²) in [5, 5.41) is 0.545. The smallest absolute Gasteiger partial charge is 0.260 e. The number of ether oxygens (including phenoxy) is 2. The molecule has 0 radical (unpaired) electrons. The molecule has 2 aromatic heterocycles. The molecule has 0 aliphatic rings. The molecule has 0 unspecified atom stereocenters. The van der Waals surface area contributed by atoms with E-state index >= 15 is 0 Å². The van der Waals surface area contributed by atoms with Crippen LogP contribution in [-0.2, 0) is 6.54 Å². The third-order valence-corrected chi connectivity index (χ3v) is 6.40. The van der Waals surface area contributed by atoms with Crippen LogP contribution in [0.15, 0.2) is 64.1 Å². The number of fused-ring (bicyclic) bond motifs is 1. The second kappa shape index (κ2) is 8.81. The van der Waals surface area contributed by atoms with E-state index in [0.29, 0.717) is 33.5 Å². The Bertz CT molecular complexity index is 1130. The van der Waals surface area contributed by atoms with E-state index in [2.05, 4.69) is 0 Å². The number of nitrogens with zero attached hydrogens (tertiary/aromatic N) is 2. The number of rotatable bonds is 7. The maximum Gasteiger partial charge on any atom is 0.260 e. The van der Waals surface area contributed by atoms with Crippen LogP contribution in [0.1, 0.15) is 16.1 Å². The predicted molar refractivity (Wildman–Crippen MR) is 120 cm³/mol. The maximum absolute atomic E-state index is 13.5. The summed E-state index contributed by atoms with van der Waals surface area (Å²) in [6.07, 6.45) is 3.58. The molecule has 4 aromatic rings. The molecule has 0 spiro atoms. The molecule has 0 bridgehead atoms. The standard InChI is InChI=1S/C22H20N2O4S2/c1-26-17-9-10-18(27-2)20-19(17)23-22(30-20)24(13-15-7-5-11-28-15)21(25)14-6-4-8-16(12-14)29-3/h4-12H,13H2,1-3H3. The number of thioether (sulfide) groups is 1. The molecule has 0 saturated heterocycles. The molecule has 154 valence electrons. The fraction of sp³-hybridized carbons (Fsp3) is 0.182. The topological polar surface area (TPSA) is 64.8 Å². The first-order valence-electron chi connectivity index (χ1n) is 9.14. The van der Waals surface area contributed by atoms with E-state index in [9.17, 15) is 4.79 Å². The van der Waals surface area contributed by atoms with Crippen LogP contribution < -0.4 is 14.4 Å². The number of aromatic nitrogens is 1. The van der Waals surface area contributed by atoms with Gasteiger partial charge >= 0.3 is 0 Å². The van der Waals surface area contributed by atoms with Crippen molar-refractivity contribution in [3.8, 4) is 11.5 Å².